The molecule has 0 aromatic rings. The highest BCUT2D eigenvalue weighted by Crippen LogP contribution is 2.22. The molecule has 0 aliphatic carbocycles. The van der Waals surface area contributed by atoms with Crippen LogP contribution in [0.1, 0.15) is 108 Å². The third kappa shape index (κ3) is 25.0. The Morgan fingerprint density at radius 2 is 1.06 bits per heavy atom. The van der Waals surface area contributed by atoms with Crippen molar-refractivity contribution in [2.45, 2.75) is 108 Å². The molecule has 0 saturated carbocycles. The van der Waals surface area contributed by atoms with Gasteiger partial charge in [-0.3, -0.25) is 0 Å². The summed E-state index contributed by atoms with van der Waals surface area (Å²) in [6, 6.07) is 0. The van der Waals surface area contributed by atoms with E-state index in [4.69, 9.17) is 0 Å². The van der Waals surface area contributed by atoms with Gasteiger partial charge in [-0.25, -0.2) is 0 Å². The summed E-state index contributed by atoms with van der Waals surface area (Å²) >= 11 is 0. The van der Waals surface area contributed by atoms with E-state index in [2.05, 4.69) is 27.7 Å². The second-order valence-electron chi connectivity index (χ2n) is 4.19. The molecule has 116 valence electrons. The average Bonchev–Trinajstić information content (AvgIpc) is 2.45. The summed E-state index contributed by atoms with van der Waals surface area (Å²) in [5.74, 6) is 1.95. The summed E-state index contributed by atoms with van der Waals surface area (Å²) in [4.78, 5) is 0. The molecular weight excluding hydrogens is 216 g/mol. The molecule has 0 fully saturated rings. The van der Waals surface area contributed by atoms with Crippen molar-refractivity contribution in [3.8, 4) is 0 Å². The van der Waals surface area contributed by atoms with Crippen LogP contribution in [-0.4, -0.2) is 0 Å². The Labute approximate surface area is 120 Å². The van der Waals surface area contributed by atoms with E-state index in [0.29, 0.717) is 0 Å². The van der Waals surface area contributed by atoms with Crippen molar-refractivity contribution in [3.63, 3.8) is 0 Å². The van der Waals surface area contributed by atoms with Crippen LogP contribution in [0.15, 0.2) is 0 Å². The Bertz CT molecular complexity index is 86.0. The summed E-state index contributed by atoms with van der Waals surface area (Å²) in [6.45, 7) is 21.3. The fourth-order valence-corrected chi connectivity index (χ4v) is 2.08. The van der Waals surface area contributed by atoms with Gasteiger partial charge in [-0.15, -0.1) is 0 Å². The molecule has 18 heavy (non-hydrogen) atoms. The standard InChI is InChI=1S/C12H26.3C2H6/c1-5-8-11(4)10-12(7-3)9-6-2;3*1-2/h11-12H,5-10H2,1-4H3;3*1-2H3. The van der Waals surface area contributed by atoms with Crippen LogP contribution in [0.5, 0.6) is 0 Å². The van der Waals surface area contributed by atoms with Crippen LogP contribution in [0.2, 0.25) is 0 Å². The molecule has 0 nitrogen and oxygen atoms in total. The molecule has 0 heterocycles. The maximum Gasteiger partial charge on any atom is -0.0414 e. The van der Waals surface area contributed by atoms with E-state index in [9.17, 15) is 0 Å². The summed E-state index contributed by atoms with van der Waals surface area (Å²) in [7, 11) is 0. The molecule has 0 rings (SSSR count). The number of rotatable bonds is 7. The predicted molar refractivity (Wildman–Crippen MR) is 91.4 cm³/mol. The third-order valence-corrected chi connectivity index (χ3v) is 2.79. The van der Waals surface area contributed by atoms with Gasteiger partial charge in [-0.2, -0.15) is 0 Å². The number of hydrogen-bond acceptors (Lipinski definition) is 0. The van der Waals surface area contributed by atoms with E-state index in [1.807, 2.05) is 41.5 Å². The van der Waals surface area contributed by atoms with Crippen molar-refractivity contribution >= 4 is 0 Å². The van der Waals surface area contributed by atoms with Crippen LogP contribution in [-0.2, 0) is 0 Å². The summed E-state index contributed by atoms with van der Waals surface area (Å²) < 4.78 is 0. The third-order valence-electron chi connectivity index (χ3n) is 2.79. The minimum Gasteiger partial charge on any atom is -0.0683 e. The summed E-state index contributed by atoms with van der Waals surface area (Å²) in [5, 5.41) is 0. The normalized spacial score (nSPS) is 11.7. The van der Waals surface area contributed by atoms with E-state index in [1.165, 1.54) is 38.5 Å². The van der Waals surface area contributed by atoms with Gasteiger partial charge in [0.15, 0.2) is 0 Å². The van der Waals surface area contributed by atoms with Gasteiger partial charge < -0.3 is 0 Å². The highest BCUT2D eigenvalue weighted by molar-refractivity contribution is 4.61. The van der Waals surface area contributed by atoms with E-state index < -0.39 is 0 Å². The van der Waals surface area contributed by atoms with Gasteiger partial charge in [-0.1, -0.05) is 101 Å². The molecule has 0 N–H and O–H groups in total. The Hall–Kier alpha value is 0. The SMILES string of the molecule is CC.CC.CC.CCCC(C)CC(CC)CCC. The molecule has 0 spiro atoms. The Kier molecular flexibility index (Phi) is 44.6. The lowest BCUT2D eigenvalue weighted by atomic mass is 9.88. The highest BCUT2D eigenvalue weighted by Gasteiger charge is 2.09. The highest BCUT2D eigenvalue weighted by atomic mass is 14.1. The van der Waals surface area contributed by atoms with Gasteiger partial charge in [0, 0.05) is 0 Å². The lowest BCUT2D eigenvalue weighted by Gasteiger charge is -2.18. The van der Waals surface area contributed by atoms with Crippen molar-refractivity contribution in [3.05, 3.63) is 0 Å². The van der Waals surface area contributed by atoms with Gasteiger partial charge >= 0.3 is 0 Å². The molecule has 0 amide bonds. The zero-order valence-corrected chi connectivity index (χ0v) is 15.4. The van der Waals surface area contributed by atoms with Crippen LogP contribution in [0, 0.1) is 11.8 Å². The van der Waals surface area contributed by atoms with Crippen molar-refractivity contribution in [2.75, 3.05) is 0 Å². The van der Waals surface area contributed by atoms with E-state index >= 15 is 0 Å². The van der Waals surface area contributed by atoms with Crippen LogP contribution in [0.4, 0.5) is 0 Å². The topological polar surface area (TPSA) is 0 Å². The Morgan fingerprint density at radius 3 is 1.33 bits per heavy atom. The van der Waals surface area contributed by atoms with Crippen molar-refractivity contribution in [2.24, 2.45) is 11.8 Å². The lowest BCUT2D eigenvalue weighted by Crippen LogP contribution is -2.05. The van der Waals surface area contributed by atoms with E-state index in [0.717, 1.165) is 11.8 Å². The molecule has 0 aromatic carbocycles. The Balaban J connectivity index is -0.000000141. The smallest absolute Gasteiger partial charge is 0.0414 e. The van der Waals surface area contributed by atoms with Crippen molar-refractivity contribution < 1.29 is 0 Å². The average molecular weight is 261 g/mol. The number of hydrogen-bond donors (Lipinski definition) is 0. The van der Waals surface area contributed by atoms with Gasteiger partial charge in [0.1, 0.15) is 0 Å². The maximum atomic E-state index is 2.40. The molecule has 0 saturated heterocycles. The molecule has 2 unspecified atom stereocenters. The quantitative estimate of drug-likeness (QED) is 0.439. The Morgan fingerprint density at radius 1 is 0.667 bits per heavy atom. The molecular formula is C18H44. The first-order chi connectivity index (χ1) is 8.74. The van der Waals surface area contributed by atoms with Crippen molar-refractivity contribution in [1.82, 2.24) is 0 Å². The second-order valence-corrected chi connectivity index (χ2v) is 4.19. The summed E-state index contributed by atoms with van der Waals surface area (Å²) in [5.41, 5.74) is 0. The zero-order chi connectivity index (χ0) is 15.4. The van der Waals surface area contributed by atoms with E-state index in [1.54, 1.807) is 0 Å². The van der Waals surface area contributed by atoms with Crippen LogP contribution in [0.3, 0.4) is 0 Å². The monoisotopic (exact) mass is 260 g/mol. The lowest BCUT2D eigenvalue weighted by molar-refractivity contribution is 0.343. The maximum absolute atomic E-state index is 2.40. The first-order valence-corrected chi connectivity index (χ1v) is 8.74. The fourth-order valence-electron chi connectivity index (χ4n) is 2.08. The molecule has 0 aliphatic heterocycles. The predicted octanol–water partition coefficient (Wildman–Crippen LogP) is 7.72. The van der Waals surface area contributed by atoms with Gasteiger partial charge in [0.2, 0.25) is 0 Å². The summed E-state index contributed by atoms with van der Waals surface area (Å²) in [6.07, 6.45) is 8.39. The molecule has 2 atom stereocenters. The first-order valence-electron chi connectivity index (χ1n) is 8.74. The first kappa shape index (κ1) is 26.5. The molecule has 0 bridgehead atoms. The van der Waals surface area contributed by atoms with Gasteiger partial charge in [-0.05, 0) is 18.3 Å². The van der Waals surface area contributed by atoms with Crippen LogP contribution < -0.4 is 0 Å². The van der Waals surface area contributed by atoms with Crippen LogP contribution in [0.25, 0.3) is 0 Å². The molecule has 0 heteroatoms. The molecule has 0 aliphatic rings. The van der Waals surface area contributed by atoms with Crippen LogP contribution >= 0.6 is 0 Å². The fraction of sp³-hybridized carbons (Fsp3) is 1.00. The minimum atomic E-state index is 0.950. The second kappa shape index (κ2) is 30.2. The van der Waals surface area contributed by atoms with Gasteiger partial charge in [0.25, 0.3) is 0 Å². The zero-order valence-electron chi connectivity index (χ0n) is 15.4. The van der Waals surface area contributed by atoms with Gasteiger partial charge in [0.05, 0.1) is 0 Å². The molecule has 0 radical (unpaired) electrons. The molecule has 0 aromatic heterocycles. The minimum absolute atomic E-state index is 0.950. The largest absolute Gasteiger partial charge is 0.0683 e. The van der Waals surface area contributed by atoms with Crippen molar-refractivity contribution in [1.29, 1.82) is 0 Å². The van der Waals surface area contributed by atoms with E-state index in [-0.39, 0.29) is 0 Å².